The third-order valence-electron chi connectivity index (χ3n) is 4.95. The maximum atomic E-state index is 12.9. The summed E-state index contributed by atoms with van der Waals surface area (Å²) in [5.41, 5.74) is -1.17. The minimum atomic E-state index is -3.83. The summed E-state index contributed by atoms with van der Waals surface area (Å²) >= 11 is 0. The van der Waals surface area contributed by atoms with E-state index in [1.54, 1.807) is 0 Å². The highest BCUT2D eigenvalue weighted by atomic mass is 32.2. The zero-order valence-electron chi connectivity index (χ0n) is 14.7. The molecule has 8 nitrogen and oxygen atoms in total. The SMILES string of the molecule is COc1ccc(C(=O)N2CCCC2(C)C(=O)O)cc1S(=O)(=O)NC1CC1. The summed E-state index contributed by atoms with van der Waals surface area (Å²) in [5.74, 6) is -1.44. The van der Waals surface area contributed by atoms with Gasteiger partial charge in [-0.15, -0.1) is 0 Å². The molecule has 3 rings (SSSR count). The second-order valence-electron chi connectivity index (χ2n) is 6.90. The summed E-state index contributed by atoms with van der Waals surface area (Å²) in [6, 6.07) is 4.05. The highest BCUT2D eigenvalue weighted by Gasteiger charge is 2.46. The van der Waals surface area contributed by atoms with Crippen LogP contribution in [0.4, 0.5) is 0 Å². The molecule has 1 saturated heterocycles. The van der Waals surface area contributed by atoms with Crippen molar-refractivity contribution in [3.05, 3.63) is 23.8 Å². The zero-order chi connectivity index (χ0) is 19.1. The van der Waals surface area contributed by atoms with E-state index >= 15 is 0 Å². The number of amides is 1. The van der Waals surface area contributed by atoms with Crippen LogP contribution in [-0.4, -0.2) is 55.5 Å². The molecule has 2 fully saturated rings. The highest BCUT2D eigenvalue weighted by Crippen LogP contribution is 2.33. The molecule has 1 saturated carbocycles. The summed E-state index contributed by atoms with van der Waals surface area (Å²) in [5, 5.41) is 9.49. The fraction of sp³-hybridized carbons (Fsp3) is 0.529. The minimum Gasteiger partial charge on any atom is -0.495 e. The molecule has 1 unspecified atom stereocenters. The van der Waals surface area contributed by atoms with E-state index in [2.05, 4.69) is 4.72 Å². The first-order valence-electron chi connectivity index (χ1n) is 8.45. The number of nitrogens with zero attached hydrogens (tertiary/aromatic N) is 1. The van der Waals surface area contributed by atoms with Crippen molar-refractivity contribution in [2.45, 2.75) is 49.1 Å². The van der Waals surface area contributed by atoms with E-state index in [9.17, 15) is 23.1 Å². The molecule has 0 radical (unpaired) electrons. The van der Waals surface area contributed by atoms with Crippen LogP contribution in [0.15, 0.2) is 23.1 Å². The predicted octanol–water partition coefficient (Wildman–Crippen LogP) is 1.22. The van der Waals surface area contributed by atoms with Gasteiger partial charge in [0.25, 0.3) is 5.91 Å². The van der Waals surface area contributed by atoms with Crippen molar-refractivity contribution in [3.8, 4) is 5.75 Å². The zero-order valence-corrected chi connectivity index (χ0v) is 15.5. The molecular weight excluding hydrogens is 360 g/mol. The molecule has 1 heterocycles. The number of nitrogens with one attached hydrogen (secondary N) is 1. The minimum absolute atomic E-state index is 0.0852. The third-order valence-corrected chi connectivity index (χ3v) is 6.49. The number of hydrogen-bond acceptors (Lipinski definition) is 5. The van der Waals surface area contributed by atoms with Gasteiger partial charge in [-0.3, -0.25) is 4.79 Å². The molecular formula is C17H22N2O6S. The lowest BCUT2D eigenvalue weighted by atomic mass is 9.98. The number of benzene rings is 1. The van der Waals surface area contributed by atoms with Gasteiger partial charge in [-0.1, -0.05) is 0 Å². The topological polar surface area (TPSA) is 113 Å². The van der Waals surface area contributed by atoms with Crippen molar-refractivity contribution < 1.29 is 27.9 Å². The van der Waals surface area contributed by atoms with Crippen LogP contribution in [0.5, 0.6) is 5.75 Å². The van der Waals surface area contributed by atoms with E-state index in [0.717, 1.165) is 12.8 Å². The second-order valence-corrected chi connectivity index (χ2v) is 8.58. The number of methoxy groups -OCH3 is 1. The van der Waals surface area contributed by atoms with Crippen molar-refractivity contribution in [1.82, 2.24) is 9.62 Å². The smallest absolute Gasteiger partial charge is 0.329 e. The van der Waals surface area contributed by atoms with E-state index in [1.807, 2.05) is 0 Å². The standard InChI is InChI=1S/C17H22N2O6S/c1-17(16(21)22)8-3-9-19(17)15(20)11-4-7-13(25-2)14(10-11)26(23,24)18-12-5-6-12/h4,7,10,12,18H,3,5-6,8-9H2,1-2H3,(H,21,22). The van der Waals surface area contributed by atoms with E-state index in [-0.39, 0.29) is 22.3 Å². The van der Waals surface area contributed by atoms with Crippen LogP contribution in [0.2, 0.25) is 0 Å². The summed E-state index contributed by atoms with van der Waals surface area (Å²) in [7, 11) is -2.47. The van der Waals surface area contributed by atoms with Gasteiger partial charge < -0.3 is 14.7 Å². The van der Waals surface area contributed by atoms with E-state index in [1.165, 1.54) is 37.1 Å². The number of hydrogen-bond donors (Lipinski definition) is 2. The number of carboxylic acid groups (broad SMARTS) is 1. The quantitative estimate of drug-likeness (QED) is 0.765. The summed E-state index contributed by atoms with van der Waals surface area (Å²) in [4.78, 5) is 25.7. The lowest BCUT2D eigenvalue weighted by Gasteiger charge is -2.31. The van der Waals surface area contributed by atoms with Gasteiger partial charge in [-0.2, -0.15) is 0 Å². The summed E-state index contributed by atoms with van der Waals surface area (Å²) < 4.78 is 32.9. The molecule has 26 heavy (non-hydrogen) atoms. The second kappa shape index (κ2) is 6.55. The molecule has 1 aliphatic heterocycles. The van der Waals surface area contributed by atoms with Crippen LogP contribution < -0.4 is 9.46 Å². The Morgan fingerprint density at radius 2 is 2.04 bits per heavy atom. The van der Waals surface area contributed by atoms with Crippen molar-refractivity contribution >= 4 is 21.9 Å². The number of carbonyl (C=O) groups excluding carboxylic acids is 1. The molecule has 1 amide bonds. The van der Waals surface area contributed by atoms with Crippen molar-refractivity contribution in [2.24, 2.45) is 0 Å². The molecule has 1 aromatic carbocycles. The lowest BCUT2D eigenvalue weighted by molar-refractivity contribution is -0.147. The Labute approximate surface area is 152 Å². The van der Waals surface area contributed by atoms with Gasteiger partial charge in [0.2, 0.25) is 10.0 Å². The first-order chi connectivity index (χ1) is 12.2. The average molecular weight is 382 g/mol. The van der Waals surface area contributed by atoms with E-state index in [0.29, 0.717) is 19.4 Å². The molecule has 0 spiro atoms. The summed E-state index contributed by atoms with van der Waals surface area (Å²) in [6.45, 7) is 1.83. The van der Waals surface area contributed by atoms with Gasteiger partial charge in [0, 0.05) is 18.2 Å². The van der Waals surface area contributed by atoms with E-state index in [4.69, 9.17) is 4.74 Å². The fourth-order valence-electron chi connectivity index (χ4n) is 3.17. The fourth-order valence-corrected chi connectivity index (χ4v) is 4.67. The van der Waals surface area contributed by atoms with Gasteiger partial charge in [-0.25, -0.2) is 17.9 Å². The Bertz CT molecular complexity index is 849. The Kier molecular flexibility index (Phi) is 4.70. The first-order valence-corrected chi connectivity index (χ1v) is 9.93. The number of aliphatic carboxylic acids is 1. The third kappa shape index (κ3) is 3.28. The van der Waals surface area contributed by atoms with Crippen LogP contribution in [0.3, 0.4) is 0 Å². The predicted molar refractivity (Wildman–Crippen MR) is 92.6 cm³/mol. The monoisotopic (exact) mass is 382 g/mol. The maximum Gasteiger partial charge on any atom is 0.329 e. The molecule has 2 aliphatic rings. The molecule has 142 valence electrons. The highest BCUT2D eigenvalue weighted by molar-refractivity contribution is 7.89. The maximum absolute atomic E-state index is 12.9. The van der Waals surface area contributed by atoms with Crippen molar-refractivity contribution in [2.75, 3.05) is 13.7 Å². The first kappa shape index (κ1) is 18.7. The van der Waals surface area contributed by atoms with Crippen LogP contribution in [0.25, 0.3) is 0 Å². The largest absolute Gasteiger partial charge is 0.495 e. The number of rotatable bonds is 6. The number of carboxylic acids is 1. The van der Waals surface area contributed by atoms with Crippen molar-refractivity contribution in [1.29, 1.82) is 0 Å². The number of sulfonamides is 1. The van der Waals surface area contributed by atoms with E-state index < -0.39 is 27.4 Å². The molecule has 1 aliphatic carbocycles. The number of likely N-dealkylation sites (tertiary alicyclic amines) is 1. The van der Waals surface area contributed by atoms with Crippen LogP contribution in [0, 0.1) is 0 Å². The van der Waals surface area contributed by atoms with Gasteiger partial charge in [0.05, 0.1) is 7.11 Å². The summed E-state index contributed by atoms with van der Waals surface area (Å²) in [6.07, 6.45) is 2.51. The normalized spacial score (nSPS) is 23.1. The molecule has 1 aromatic rings. The Balaban J connectivity index is 1.97. The van der Waals surface area contributed by atoms with Crippen LogP contribution in [-0.2, 0) is 14.8 Å². The van der Waals surface area contributed by atoms with Crippen LogP contribution in [0.1, 0.15) is 43.0 Å². The molecule has 0 aromatic heterocycles. The van der Waals surface area contributed by atoms with Gasteiger partial charge >= 0.3 is 5.97 Å². The molecule has 0 bridgehead atoms. The Morgan fingerprint density at radius 1 is 1.35 bits per heavy atom. The molecule has 1 atom stereocenters. The van der Waals surface area contributed by atoms with Crippen LogP contribution >= 0.6 is 0 Å². The lowest BCUT2D eigenvalue weighted by Crippen LogP contribution is -2.50. The Morgan fingerprint density at radius 3 is 2.62 bits per heavy atom. The number of ether oxygens (including phenoxy) is 1. The van der Waals surface area contributed by atoms with Gasteiger partial charge in [0.1, 0.15) is 16.2 Å². The molecule has 9 heteroatoms. The number of carbonyl (C=O) groups is 2. The van der Waals surface area contributed by atoms with Gasteiger partial charge in [0.15, 0.2) is 0 Å². The average Bonchev–Trinajstić information content (AvgIpc) is 3.31. The molecule has 2 N–H and O–H groups in total. The van der Waals surface area contributed by atoms with Gasteiger partial charge in [-0.05, 0) is 50.8 Å². The van der Waals surface area contributed by atoms with Crippen molar-refractivity contribution in [3.63, 3.8) is 0 Å². The Hall–Kier alpha value is -2.13.